The zero-order valence-corrected chi connectivity index (χ0v) is 32.7. The molecule has 0 unspecified atom stereocenters. The minimum absolute atomic E-state index is 0.0293. The molecule has 3 aromatic rings. The molecule has 3 amide bonds. The Labute approximate surface area is 324 Å². The third kappa shape index (κ3) is 6.39. The van der Waals surface area contributed by atoms with E-state index in [1.807, 2.05) is 34.6 Å². The first-order valence-corrected chi connectivity index (χ1v) is 19.4. The normalized spacial score (nSPS) is 30.5. The van der Waals surface area contributed by atoms with E-state index in [9.17, 15) is 24.3 Å². The van der Waals surface area contributed by atoms with Gasteiger partial charge in [0.1, 0.15) is 52.0 Å². The monoisotopic (exact) mass is 774 g/mol. The van der Waals surface area contributed by atoms with Crippen LogP contribution in [-0.4, -0.2) is 92.3 Å². The van der Waals surface area contributed by atoms with Gasteiger partial charge in [0.05, 0.1) is 36.8 Å². The van der Waals surface area contributed by atoms with Crippen LogP contribution in [0.5, 0.6) is 11.5 Å². The molecule has 15 heteroatoms. The Hall–Kier alpha value is -4.72. The Balaban J connectivity index is 1.10. The summed E-state index contributed by atoms with van der Waals surface area (Å²) in [5.74, 6) is -1.66. The van der Waals surface area contributed by atoms with Gasteiger partial charge in [0.15, 0.2) is 0 Å². The van der Waals surface area contributed by atoms with E-state index in [1.54, 1.807) is 30.6 Å². The maximum absolute atomic E-state index is 14.7. The van der Waals surface area contributed by atoms with Crippen LogP contribution < -0.4 is 20.1 Å². The van der Waals surface area contributed by atoms with Crippen LogP contribution >= 0.6 is 11.6 Å². The lowest BCUT2D eigenvalue weighted by Crippen LogP contribution is -2.59. The molecule has 0 radical (unpaired) electrons. The molecular formula is C40H47ClN6O8. The number of benzene rings is 1. The van der Waals surface area contributed by atoms with E-state index in [4.69, 9.17) is 30.8 Å². The number of carbonyl (C=O) groups excluding carboxylic acids is 3. The number of aryl methyl sites for hydroxylation is 1. The summed E-state index contributed by atoms with van der Waals surface area (Å²) in [6.07, 6.45) is 6.68. The van der Waals surface area contributed by atoms with E-state index in [2.05, 4.69) is 20.6 Å². The Morgan fingerprint density at radius 3 is 2.38 bits per heavy atom. The summed E-state index contributed by atoms with van der Waals surface area (Å²) in [5, 5.41) is 16.6. The number of pyridine rings is 1. The van der Waals surface area contributed by atoms with Gasteiger partial charge in [-0.15, -0.1) is 0 Å². The highest BCUT2D eigenvalue weighted by atomic mass is 35.5. The van der Waals surface area contributed by atoms with Crippen LogP contribution in [0.15, 0.2) is 30.6 Å². The van der Waals surface area contributed by atoms with E-state index in [-0.39, 0.29) is 30.0 Å². The van der Waals surface area contributed by atoms with Crippen molar-refractivity contribution in [1.29, 1.82) is 0 Å². The fourth-order valence-electron chi connectivity index (χ4n) is 9.35. The maximum atomic E-state index is 14.7. The van der Waals surface area contributed by atoms with E-state index in [1.165, 1.54) is 24.9 Å². The van der Waals surface area contributed by atoms with Gasteiger partial charge in [0.2, 0.25) is 11.8 Å². The molecule has 14 nitrogen and oxygen atoms in total. The lowest BCUT2D eigenvalue weighted by Gasteiger charge is -2.35. The lowest BCUT2D eigenvalue weighted by atomic mass is 9.85. The number of nitrogens with one attached hydrogen (secondary N) is 2. The number of rotatable bonds is 11. The molecule has 2 aromatic heterocycles. The first-order chi connectivity index (χ1) is 26.0. The van der Waals surface area contributed by atoms with E-state index >= 15 is 0 Å². The second kappa shape index (κ2) is 12.9. The molecule has 1 aromatic carbocycles. The highest BCUT2D eigenvalue weighted by Gasteiger charge is 2.86. The number of ether oxygens (including phenoxy) is 3. The maximum Gasteiger partial charge on any atom is 0.408 e. The number of hydrogen-bond acceptors (Lipinski definition) is 10. The van der Waals surface area contributed by atoms with Crippen molar-refractivity contribution >= 4 is 46.4 Å². The summed E-state index contributed by atoms with van der Waals surface area (Å²) in [5.41, 5.74) is 0.527. The van der Waals surface area contributed by atoms with Gasteiger partial charge in [-0.3, -0.25) is 14.6 Å². The van der Waals surface area contributed by atoms with E-state index in [0.29, 0.717) is 63.2 Å². The fourth-order valence-corrected chi connectivity index (χ4v) is 9.64. The highest BCUT2D eigenvalue weighted by Crippen LogP contribution is 2.93. The number of nitrogens with zero attached hydrogens (tertiary/aromatic N) is 4. The van der Waals surface area contributed by atoms with Crippen LogP contribution in [0.25, 0.3) is 22.3 Å². The van der Waals surface area contributed by atoms with Crippen molar-refractivity contribution in [2.75, 3.05) is 13.7 Å². The average molecular weight is 775 g/mol. The van der Waals surface area contributed by atoms with Gasteiger partial charge >= 0.3 is 12.1 Å². The molecule has 3 N–H and O–H groups in total. The minimum atomic E-state index is -1.41. The number of carboxylic acids is 1. The van der Waals surface area contributed by atoms with Gasteiger partial charge in [0, 0.05) is 24.1 Å². The number of methoxy groups -OCH3 is 1. The van der Waals surface area contributed by atoms with Crippen LogP contribution in [0.1, 0.15) is 78.3 Å². The molecule has 1 aliphatic heterocycles. The molecule has 5 fully saturated rings. The van der Waals surface area contributed by atoms with Gasteiger partial charge < -0.3 is 34.9 Å². The first kappa shape index (κ1) is 37.2. The number of halogens is 1. The first-order valence-electron chi connectivity index (χ1n) is 19.0. The second-order valence-electron chi connectivity index (χ2n) is 17.4. The Kier molecular flexibility index (Phi) is 8.74. The van der Waals surface area contributed by atoms with Crippen LogP contribution in [0.4, 0.5) is 4.79 Å². The Morgan fingerprint density at radius 1 is 1.04 bits per heavy atom. The van der Waals surface area contributed by atoms with Gasteiger partial charge in [0.25, 0.3) is 0 Å². The zero-order valence-electron chi connectivity index (χ0n) is 31.9. The number of aliphatic carboxylic acids is 1. The topological polar surface area (TPSA) is 182 Å². The number of hydrogen-bond donors (Lipinski definition) is 3. The van der Waals surface area contributed by atoms with Crippen molar-refractivity contribution in [2.45, 2.75) is 109 Å². The molecule has 292 valence electrons. The molecule has 5 atom stereocenters. The van der Waals surface area contributed by atoms with Crippen LogP contribution in [0.3, 0.4) is 0 Å². The summed E-state index contributed by atoms with van der Waals surface area (Å²) >= 11 is 6.78. The van der Waals surface area contributed by atoms with Gasteiger partial charge in [-0.25, -0.2) is 19.6 Å². The highest BCUT2D eigenvalue weighted by molar-refractivity contribution is 6.36. The van der Waals surface area contributed by atoms with Crippen molar-refractivity contribution < 1.29 is 38.5 Å². The minimum Gasteiger partial charge on any atom is -0.495 e. The zero-order chi connectivity index (χ0) is 39.2. The van der Waals surface area contributed by atoms with Crippen LogP contribution in [-0.2, 0) is 19.1 Å². The lowest BCUT2D eigenvalue weighted by molar-refractivity contribution is -0.146. The number of amides is 3. The van der Waals surface area contributed by atoms with Gasteiger partial charge in [-0.1, -0.05) is 45.7 Å². The van der Waals surface area contributed by atoms with Crippen molar-refractivity contribution in [3.63, 3.8) is 0 Å². The van der Waals surface area contributed by atoms with Crippen LogP contribution in [0, 0.1) is 29.1 Å². The standard InChI is InChI=1S/C40H47ClN6O8/c1-7-21-12-40(21,35(50)51)46-33(48)27-10-22(17-47(27)34(49)32(37(3,4)5)45-36(52)55-23-13-38-18-39(38,14-23)19-38)54-29-11-25(26-16-42-15-20(2)43-26)44-31-24(29)8-9-28(53-6)30(31)41/h8-9,11,15-16,21-23,27,32H,7,10,12-14,17-19H2,1-6H3,(H,45,52)(H,46,48)(H,50,51)/t21-,22-,23?,27+,32-,38?,39?,40-/m1/s1. The third-order valence-corrected chi connectivity index (χ3v) is 13.0. The average Bonchev–Trinajstić information content (AvgIpc) is 4.00. The van der Waals surface area contributed by atoms with E-state index in [0.717, 1.165) is 12.8 Å². The molecule has 0 bridgehead atoms. The quantitative estimate of drug-likeness (QED) is 0.225. The summed E-state index contributed by atoms with van der Waals surface area (Å²) < 4.78 is 18.0. The number of aromatic nitrogens is 3. The third-order valence-electron chi connectivity index (χ3n) is 12.7. The van der Waals surface area contributed by atoms with Crippen molar-refractivity contribution in [2.24, 2.45) is 22.2 Å². The van der Waals surface area contributed by atoms with Crippen LogP contribution in [0.2, 0.25) is 5.02 Å². The summed E-state index contributed by atoms with van der Waals surface area (Å²) in [4.78, 5) is 69.7. The summed E-state index contributed by atoms with van der Waals surface area (Å²) in [7, 11) is 1.51. The molecule has 4 aliphatic carbocycles. The number of fused-ring (bicyclic) bond motifs is 1. The SMILES string of the molecule is CC[C@@H]1C[C@]1(NC(=O)[C@@H]1C[C@@H](Oc2cc(-c3cncc(C)n3)nc3c(Cl)c(OC)ccc23)CN1C(=O)[C@@H](NC(=O)OC1CC23CC2(C1)C3)C(C)(C)C)C(=O)O. The predicted octanol–water partition coefficient (Wildman–Crippen LogP) is 5.46. The number of likely N-dealkylation sites (tertiary alicyclic amines) is 1. The number of carbonyl (C=O) groups is 4. The summed E-state index contributed by atoms with van der Waals surface area (Å²) in [6.45, 7) is 9.16. The molecule has 8 rings (SSSR count). The second-order valence-corrected chi connectivity index (χ2v) is 17.8. The fraction of sp³-hybridized carbons (Fsp3) is 0.575. The smallest absolute Gasteiger partial charge is 0.408 e. The molecule has 0 spiro atoms. The predicted molar refractivity (Wildman–Crippen MR) is 200 cm³/mol. The molecule has 3 heterocycles. The Bertz CT molecular complexity index is 2100. The molecule has 4 saturated carbocycles. The van der Waals surface area contributed by atoms with Crippen molar-refractivity contribution in [3.8, 4) is 22.9 Å². The summed E-state index contributed by atoms with van der Waals surface area (Å²) in [6, 6.07) is 3.03. The van der Waals surface area contributed by atoms with Gasteiger partial charge in [-0.05, 0) is 73.3 Å². The molecule has 5 aliphatic rings. The molecule has 55 heavy (non-hydrogen) atoms. The molecule has 1 saturated heterocycles. The number of alkyl carbamates (subject to hydrolysis) is 1. The van der Waals surface area contributed by atoms with E-state index < -0.39 is 53.0 Å². The van der Waals surface area contributed by atoms with Crippen molar-refractivity contribution in [3.05, 3.63) is 41.3 Å². The molecular weight excluding hydrogens is 728 g/mol. The largest absolute Gasteiger partial charge is 0.495 e. The number of carboxylic acid groups (broad SMARTS) is 1. The van der Waals surface area contributed by atoms with Crippen molar-refractivity contribution in [1.82, 2.24) is 30.5 Å². The van der Waals surface area contributed by atoms with Gasteiger partial charge in [-0.2, -0.15) is 0 Å². The Morgan fingerprint density at radius 2 is 1.76 bits per heavy atom.